The summed E-state index contributed by atoms with van der Waals surface area (Å²) in [6.07, 6.45) is 5.04. The maximum absolute atomic E-state index is 11.6. The average Bonchev–Trinajstić information content (AvgIpc) is 3.00. The quantitative estimate of drug-likeness (QED) is 0.799. The Balaban J connectivity index is 1.77. The number of hydrogen-bond donors (Lipinski definition) is 1. The molecule has 1 saturated carbocycles. The number of aromatic nitrogens is 5. The van der Waals surface area contributed by atoms with Gasteiger partial charge in [-0.2, -0.15) is 5.10 Å². The Hall–Kier alpha value is -2.31. The highest BCUT2D eigenvalue weighted by atomic mass is 16.2. The van der Waals surface area contributed by atoms with Gasteiger partial charge in [0.2, 0.25) is 0 Å². The Labute approximate surface area is 96.9 Å². The van der Waals surface area contributed by atoms with Gasteiger partial charge < -0.3 is 5.32 Å². The lowest BCUT2D eigenvalue weighted by atomic mass is 10.3. The van der Waals surface area contributed by atoms with Gasteiger partial charge in [-0.3, -0.25) is 4.79 Å². The topological polar surface area (TPSA) is 85.6 Å². The third-order valence-corrected chi connectivity index (χ3v) is 2.45. The molecule has 2 aromatic heterocycles. The number of nitrogens with one attached hydrogen (secondary N) is 1. The molecule has 0 bridgehead atoms. The van der Waals surface area contributed by atoms with Crippen molar-refractivity contribution in [1.82, 2.24) is 30.3 Å². The molecule has 17 heavy (non-hydrogen) atoms. The highest BCUT2D eigenvalue weighted by Crippen LogP contribution is 2.18. The number of amides is 1. The van der Waals surface area contributed by atoms with Crippen molar-refractivity contribution < 1.29 is 4.79 Å². The van der Waals surface area contributed by atoms with Crippen molar-refractivity contribution in [3.05, 3.63) is 30.5 Å². The summed E-state index contributed by atoms with van der Waals surface area (Å²) in [5.74, 6) is 0.357. The smallest absolute Gasteiger partial charge is 0.272 e. The molecule has 86 valence electrons. The van der Waals surface area contributed by atoms with Gasteiger partial charge in [0.25, 0.3) is 5.91 Å². The van der Waals surface area contributed by atoms with Crippen LogP contribution in [0.3, 0.4) is 0 Å². The van der Waals surface area contributed by atoms with Crippen molar-refractivity contribution in [3.63, 3.8) is 0 Å². The molecule has 2 heterocycles. The zero-order valence-electron chi connectivity index (χ0n) is 8.95. The van der Waals surface area contributed by atoms with E-state index in [2.05, 4.69) is 25.6 Å². The fourth-order valence-electron chi connectivity index (χ4n) is 1.38. The minimum absolute atomic E-state index is 0.176. The molecule has 0 aromatic carbocycles. The van der Waals surface area contributed by atoms with Gasteiger partial charge in [-0.1, -0.05) is 0 Å². The molecule has 2 aromatic rings. The van der Waals surface area contributed by atoms with Crippen LogP contribution in [0, 0.1) is 0 Å². The molecular weight excluding hydrogens is 220 g/mol. The number of hydrogen-bond acceptors (Lipinski definition) is 5. The summed E-state index contributed by atoms with van der Waals surface area (Å²) >= 11 is 0. The van der Waals surface area contributed by atoms with Gasteiger partial charge in [0, 0.05) is 6.04 Å². The first-order valence-corrected chi connectivity index (χ1v) is 5.32. The molecule has 0 unspecified atom stereocenters. The third-order valence-electron chi connectivity index (χ3n) is 2.45. The number of carbonyl (C=O) groups is 1. The summed E-state index contributed by atoms with van der Waals surface area (Å²) in [6, 6.07) is 3.63. The summed E-state index contributed by atoms with van der Waals surface area (Å²) < 4.78 is 1.48. The Morgan fingerprint density at radius 1 is 1.35 bits per heavy atom. The maximum atomic E-state index is 11.6. The first-order chi connectivity index (χ1) is 8.33. The van der Waals surface area contributed by atoms with Gasteiger partial charge in [-0.25, -0.2) is 9.67 Å². The maximum Gasteiger partial charge on any atom is 0.272 e. The number of rotatable bonds is 3. The molecule has 1 N–H and O–H groups in total. The van der Waals surface area contributed by atoms with E-state index in [9.17, 15) is 4.79 Å². The predicted molar refractivity (Wildman–Crippen MR) is 57.4 cm³/mol. The Kier molecular flexibility index (Phi) is 2.28. The fraction of sp³-hybridized carbons (Fsp3) is 0.300. The predicted octanol–water partition coefficient (Wildman–Crippen LogP) is -0.0505. The van der Waals surface area contributed by atoms with Crippen LogP contribution in [0.4, 0.5) is 0 Å². The second-order valence-corrected chi connectivity index (χ2v) is 3.86. The highest BCUT2D eigenvalue weighted by molar-refractivity contribution is 5.92. The minimum atomic E-state index is -0.176. The first kappa shape index (κ1) is 9.88. The van der Waals surface area contributed by atoms with E-state index in [-0.39, 0.29) is 5.91 Å². The molecule has 0 spiro atoms. The fourth-order valence-corrected chi connectivity index (χ4v) is 1.38. The highest BCUT2D eigenvalue weighted by Gasteiger charge is 2.24. The molecule has 0 radical (unpaired) electrons. The molecule has 1 amide bonds. The Morgan fingerprint density at radius 3 is 2.82 bits per heavy atom. The monoisotopic (exact) mass is 230 g/mol. The summed E-state index contributed by atoms with van der Waals surface area (Å²) in [5, 5.41) is 14.6. The molecule has 1 aliphatic rings. The van der Waals surface area contributed by atoms with E-state index in [4.69, 9.17) is 0 Å². The molecule has 0 saturated heterocycles. The van der Waals surface area contributed by atoms with Gasteiger partial charge in [0.15, 0.2) is 11.5 Å². The van der Waals surface area contributed by atoms with E-state index in [1.807, 2.05) is 0 Å². The van der Waals surface area contributed by atoms with Gasteiger partial charge in [0.05, 0.1) is 0 Å². The van der Waals surface area contributed by atoms with Crippen LogP contribution < -0.4 is 5.32 Å². The second kappa shape index (κ2) is 3.93. The van der Waals surface area contributed by atoms with Crippen LogP contribution in [0.2, 0.25) is 0 Å². The standard InChI is InChI=1S/C10H10N6O/c17-10(13-7-1-2-7)8-3-4-9(15-14-8)16-6-11-5-12-16/h3-7H,1-2H2,(H,13,17). The van der Waals surface area contributed by atoms with Crippen molar-refractivity contribution >= 4 is 5.91 Å². The lowest BCUT2D eigenvalue weighted by molar-refractivity contribution is 0.0945. The Morgan fingerprint density at radius 2 is 2.24 bits per heavy atom. The first-order valence-electron chi connectivity index (χ1n) is 5.32. The molecule has 0 aliphatic heterocycles. The van der Waals surface area contributed by atoms with E-state index >= 15 is 0 Å². The van der Waals surface area contributed by atoms with Crippen molar-refractivity contribution in [2.24, 2.45) is 0 Å². The normalized spacial score (nSPS) is 14.6. The lowest BCUT2D eigenvalue weighted by Crippen LogP contribution is -2.26. The van der Waals surface area contributed by atoms with Crippen molar-refractivity contribution in [2.75, 3.05) is 0 Å². The summed E-state index contributed by atoms with van der Waals surface area (Å²) in [5.41, 5.74) is 0.320. The summed E-state index contributed by atoms with van der Waals surface area (Å²) in [7, 11) is 0. The average molecular weight is 230 g/mol. The molecule has 3 rings (SSSR count). The van der Waals surface area contributed by atoms with E-state index in [1.165, 1.54) is 17.3 Å². The molecule has 0 atom stereocenters. The van der Waals surface area contributed by atoms with E-state index in [0.29, 0.717) is 17.6 Å². The van der Waals surface area contributed by atoms with Crippen LogP contribution in [0.1, 0.15) is 23.3 Å². The largest absolute Gasteiger partial charge is 0.348 e. The molecular formula is C10H10N6O. The van der Waals surface area contributed by atoms with Crippen LogP contribution in [0.25, 0.3) is 5.82 Å². The van der Waals surface area contributed by atoms with E-state index in [1.54, 1.807) is 12.1 Å². The SMILES string of the molecule is O=C(NC1CC1)c1ccc(-n2cncn2)nn1. The number of carbonyl (C=O) groups excluding carboxylic acids is 1. The summed E-state index contributed by atoms with van der Waals surface area (Å²) in [6.45, 7) is 0. The zero-order chi connectivity index (χ0) is 11.7. The summed E-state index contributed by atoms with van der Waals surface area (Å²) in [4.78, 5) is 15.5. The molecule has 1 fully saturated rings. The molecule has 1 aliphatic carbocycles. The zero-order valence-corrected chi connectivity index (χ0v) is 8.95. The van der Waals surface area contributed by atoms with Gasteiger partial charge in [-0.05, 0) is 25.0 Å². The van der Waals surface area contributed by atoms with Crippen molar-refractivity contribution in [3.8, 4) is 5.82 Å². The minimum Gasteiger partial charge on any atom is -0.348 e. The molecule has 7 heteroatoms. The van der Waals surface area contributed by atoms with E-state index < -0.39 is 0 Å². The van der Waals surface area contributed by atoms with E-state index in [0.717, 1.165) is 12.8 Å². The van der Waals surface area contributed by atoms with Crippen molar-refractivity contribution in [1.29, 1.82) is 0 Å². The van der Waals surface area contributed by atoms with Crippen LogP contribution in [0.5, 0.6) is 0 Å². The second-order valence-electron chi connectivity index (χ2n) is 3.86. The van der Waals surface area contributed by atoms with Gasteiger partial charge in [0.1, 0.15) is 12.7 Å². The van der Waals surface area contributed by atoms with Gasteiger partial charge >= 0.3 is 0 Å². The number of nitrogens with zero attached hydrogens (tertiary/aromatic N) is 5. The Bertz CT molecular complexity index is 516. The van der Waals surface area contributed by atoms with Crippen molar-refractivity contribution in [2.45, 2.75) is 18.9 Å². The van der Waals surface area contributed by atoms with Gasteiger partial charge in [-0.15, -0.1) is 10.2 Å². The molecule has 7 nitrogen and oxygen atoms in total. The lowest BCUT2D eigenvalue weighted by Gasteiger charge is -2.02. The van der Waals surface area contributed by atoms with Crippen LogP contribution in [0.15, 0.2) is 24.8 Å². The van der Waals surface area contributed by atoms with Crippen LogP contribution in [-0.2, 0) is 0 Å². The van der Waals surface area contributed by atoms with Crippen LogP contribution >= 0.6 is 0 Å². The third kappa shape index (κ3) is 2.12. The van der Waals surface area contributed by atoms with Crippen LogP contribution in [-0.4, -0.2) is 36.9 Å².